The molecule has 0 amide bonds. The van der Waals surface area contributed by atoms with E-state index in [4.69, 9.17) is 0 Å². The first-order valence-corrected chi connectivity index (χ1v) is 18.5. The van der Waals surface area contributed by atoms with Gasteiger partial charge in [0, 0.05) is 33.4 Å². The van der Waals surface area contributed by atoms with Gasteiger partial charge >= 0.3 is 0 Å². The number of benzene rings is 9. The molecule has 2 nitrogen and oxygen atoms in total. The summed E-state index contributed by atoms with van der Waals surface area (Å²) in [6.45, 7) is 0. The van der Waals surface area contributed by atoms with E-state index in [2.05, 4.69) is 228 Å². The Morgan fingerprint density at radius 1 is 0.315 bits per heavy atom. The highest BCUT2D eigenvalue weighted by Gasteiger charge is 2.21. The summed E-state index contributed by atoms with van der Waals surface area (Å²) in [7, 11) is 0. The van der Waals surface area contributed by atoms with Crippen LogP contribution >= 0.6 is 0 Å². The zero-order chi connectivity index (χ0) is 35.8. The molecule has 10 aromatic rings. The standard InChI is InChI=1S/C52H36N2/c1-4-17-38(18-5-1)46-24-12-14-26-50(46)53(44-31-33-48-47-25-13-15-27-51(47)54(52(48)36-44)42-22-8-3-9-23-42)43-30-32-45(49(35-43)39-19-6-2-7-20-39)41-29-28-37-16-10-11-21-40(37)34-41/h1-36H. The minimum Gasteiger partial charge on any atom is -0.310 e. The van der Waals surface area contributed by atoms with Gasteiger partial charge in [-0.3, -0.25) is 0 Å². The maximum absolute atomic E-state index is 2.44. The van der Waals surface area contributed by atoms with Crippen molar-refractivity contribution in [2.45, 2.75) is 0 Å². The van der Waals surface area contributed by atoms with E-state index in [1.54, 1.807) is 0 Å². The lowest BCUT2D eigenvalue weighted by Gasteiger charge is -2.29. The van der Waals surface area contributed by atoms with Gasteiger partial charge in [-0.15, -0.1) is 0 Å². The molecule has 1 heterocycles. The van der Waals surface area contributed by atoms with Gasteiger partial charge in [-0.1, -0.05) is 164 Å². The highest BCUT2D eigenvalue weighted by atomic mass is 15.1. The molecule has 0 saturated carbocycles. The minimum absolute atomic E-state index is 1.09. The van der Waals surface area contributed by atoms with Crippen molar-refractivity contribution in [1.82, 2.24) is 4.57 Å². The second kappa shape index (κ2) is 13.4. The number of para-hydroxylation sites is 3. The Hall–Kier alpha value is -7.16. The van der Waals surface area contributed by atoms with Gasteiger partial charge in [0.25, 0.3) is 0 Å². The SMILES string of the molecule is c1ccc(-c2cc(N(c3ccc4c5ccccc5n(-c5ccccc5)c4c3)c3ccccc3-c3ccccc3)ccc2-c2ccc3ccccc3c2)cc1. The van der Waals surface area contributed by atoms with E-state index < -0.39 is 0 Å². The van der Waals surface area contributed by atoms with Crippen molar-refractivity contribution in [1.29, 1.82) is 0 Å². The van der Waals surface area contributed by atoms with Gasteiger partial charge in [-0.2, -0.15) is 0 Å². The molecule has 0 bridgehead atoms. The van der Waals surface area contributed by atoms with Crippen LogP contribution in [0.25, 0.3) is 71.6 Å². The number of hydrogen-bond acceptors (Lipinski definition) is 1. The predicted octanol–water partition coefficient (Wildman–Crippen LogP) is 14.4. The summed E-state index contributed by atoms with van der Waals surface area (Å²) in [5, 5.41) is 4.95. The molecule has 0 saturated heterocycles. The van der Waals surface area contributed by atoms with Crippen molar-refractivity contribution in [2.24, 2.45) is 0 Å². The van der Waals surface area contributed by atoms with Crippen molar-refractivity contribution >= 4 is 49.6 Å². The van der Waals surface area contributed by atoms with E-state index in [0.717, 1.165) is 28.3 Å². The number of fused-ring (bicyclic) bond motifs is 4. The van der Waals surface area contributed by atoms with E-state index in [1.165, 1.54) is 60.4 Å². The van der Waals surface area contributed by atoms with Crippen molar-refractivity contribution in [3.8, 4) is 39.1 Å². The van der Waals surface area contributed by atoms with Crippen LogP contribution in [0.3, 0.4) is 0 Å². The maximum Gasteiger partial charge on any atom is 0.0561 e. The van der Waals surface area contributed by atoms with Crippen LogP contribution in [-0.4, -0.2) is 4.57 Å². The molecule has 0 radical (unpaired) electrons. The lowest BCUT2D eigenvalue weighted by molar-refractivity contribution is 1.18. The van der Waals surface area contributed by atoms with Crippen LogP contribution < -0.4 is 4.90 Å². The number of rotatable bonds is 7. The molecule has 0 aliphatic heterocycles. The Labute approximate surface area is 315 Å². The van der Waals surface area contributed by atoms with Crippen molar-refractivity contribution < 1.29 is 0 Å². The summed E-state index contributed by atoms with van der Waals surface area (Å²) in [6, 6.07) is 79.0. The topological polar surface area (TPSA) is 8.17 Å². The highest BCUT2D eigenvalue weighted by molar-refractivity contribution is 6.10. The molecular weight excluding hydrogens is 653 g/mol. The van der Waals surface area contributed by atoms with Gasteiger partial charge in [-0.25, -0.2) is 0 Å². The van der Waals surface area contributed by atoms with Gasteiger partial charge in [0.15, 0.2) is 0 Å². The monoisotopic (exact) mass is 688 g/mol. The molecule has 54 heavy (non-hydrogen) atoms. The normalized spacial score (nSPS) is 11.3. The lowest BCUT2D eigenvalue weighted by atomic mass is 9.92. The molecule has 1 aromatic heterocycles. The molecular formula is C52H36N2. The zero-order valence-electron chi connectivity index (χ0n) is 29.7. The third kappa shape index (κ3) is 5.53. The molecule has 0 fully saturated rings. The molecule has 0 spiro atoms. The summed E-state index contributed by atoms with van der Waals surface area (Å²) in [4.78, 5) is 2.44. The molecule has 2 heteroatoms. The van der Waals surface area contributed by atoms with Gasteiger partial charge in [-0.05, 0) is 93.2 Å². The Morgan fingerprint density at radius 2 is 0.907 bits per heavy atom. The minimum atomic E-state index is 1.09. The first-order chi connectivity index (χ1) is 26.8. The number of anilines is 3. The molecule has 254 valence electrons. The van der Waals surface area contributed by atoms with E-state index in [-0.39, 0.29) is 0 Å². The molecule has 0 unspecified atom stereocenters. The number of hydrogen-bond donors (Lipinski definition) is 0. The molecule has 9 aromatic carbocycles. The fraction of sp³-hybridized carbons (Fsp3) is 0. The van der Waals surface area contributed by atoms with Crippen LogP contribution in [0.1, 0.15) is 0 Å². The van der Waals surface area contributed by atoms with Crippen LogP contribution in [0.4, 0.5) is 17.1 Å². The molecule has 0 atom stereocenters. The summed E-state index contributed by atoms with van der Waals surface area (Å²) < 4.78 is 2.40. The van der Waals surface area contributed by atoms with Gasteiger partial charge < -0.3 is 9.47 Å². The third-order valence-electron chi connectivity index (χ3n) is 10.6. The summed E-state index contributed by atoms with van der Waals surface area (Å²) in [5.74, 6) is 0. The molecule has 0 N–H and O–H groups in total. The Morgan fingerprint density at radius 3 is 1.70 bits per heavy atom. The second-order valence-electron chi connectivity index (χ2n) is 13.8. The lowest BCUT2D eigenvalue weighted by Crippen LogP contribution is -2.12. The summed E-state index contributed by atoms with van der Waals surface area (Å²) in [6.07, 6.45) is 0. The number of nitrogens with zero attached hydrogens (tertiary/aromatic N) is 2. The van der Waals surface area contributed by atoms with Crippen molar-refractivity contribution in [3.05, 3.63) is 218 Å². The van der Waals surface area contributed by atoms with Crippen LogP contribution in [0.5, 0.6) is 0 Å². The van der Waals surface area contributed by atoms with Crippen molar-refractivity contribution in [3.63, 3.8) is 0 Å². The average molecular weight is 689 g/mol. The number of aromatic nitrogens is 1. The fourth-order valence-corrected chi connectivity index (χ4v) is 8.05. The highest BCUT2D eigenvalue weighted by Crippen LogP contribution is 2.45. The largest absolute Gasteiger partial charge is 0.310 e. The summed E-state index contributed by atoms with van der Waals surface area (Å²) >= 11 is 0. The molecule has 0 aliphatic rings. The molecule has 10 rings (SSSR count). The van der Waals surface area contributed by atoms with E-state index in [1.807, 2.05) is 0 Å². The Bertz CT molecular complexity index is 2930. The van der Waals surface area contributed by atoms with Crippen molar-refractivity contribution in [2.75, 3.05) is 4.90 Å². The van der Waals surface area contributed by atoms with Crippen LogP contribution in [0.15, 0.2) is 218 Å². The van der Waals surface area contributed by atoms with E-state index in [0.29, 0.717) is 0 Å². The maximum atomic E-state index is 2.44. The van der Waals surface area contributed by atoms with Crippen LogP contribution in [-0.2, 0) is 0 Å². The van der Waals surface area contributed by atoms with Gasteiger partial charge in [0.1, 0.15) is 0 Å². The molecule has 0 aliphatic carbocycles. The first kappa shape index (κ1) is 31.6. The first-order valence-electron chi connectivity index (χ1n) is 18.5. The van der Waals surface area contributed by atoms with Gasteiger partial charge in [0.2, 0.25) is 0 Å². The fourth-order valence-electron chi connectivity index (χ4n) is 8.05. The summed E-state index contributed by atoms with van der Waals surface area (Å²) in [5.41, 5.74) is 13.9. The quantitative estimate of drug-likeness (QED) is 0.162. The average Bonchev–Trinajstić information content (AvgIpc) is 3.58. The Balaban J connectivity index is 1.24. The van der Waals surface area contributed by atoms with E-state index >= 15 is 0 Å². The Kier molecular flexibility index (Phi) is 7.85. The van der Waals surface area contributed by atoms with E-state index in [9.17, 15) is 0 Å². The van der Waals surface area contributed by atoms with Gasteiger partial charge in [0.05, 0.1) is 16.7 Å². The predicted molar refractivity (Wildman–Crippen MR) is 229 cm³/mol. The third-order valence-corrected chi connectivity index (χ3v) is 10.6. The smallest absolute Gasteiger partial charge is 0.0561 e. The van der Waals surface area contributed by atoms with Crippen LogP contribution in [0.2, 0.25) is 0 Å². The van der Waals surface area contributed by atoms with Crippen LogP contribution in [0, 0.1) is 0 Å². The zero-order valence-corrected chi connectivity index (χ0v) is 29.7. The second-order valence-corrected chi connectivity index (χ2v) is 13.8.